The molecule has 0 spiro atoms. The van der Waals surface area contributed by atoms with Gasteiger partial charge >= 0.3 is 5.97 Å². The van der Waals surface area contributed by atoms with E-state index in [1.54, 1.807) is 0 Å². The lowest BCUT2D eigenvalue weighted by Gasteiger charge is -2.22. The van der Waals surface area contributed by atoms with Crippen LogP contribution in [0.15, 0.2) is 24.3 Å². The van der Waals surface area contributed by atoms with Gasteiger partial charge in [0.25, 0.3) is 0 Å². The van der Waals surface area contributed by atoms with Gasteiger partial charge in [0.15, 0.2) is 0 Å². The summed E-state index contributed by atoms with van der Waals surface area (Å²) in [4.78, 5) is 24.5. The largest absolute Gasteiger partial charge is 0.466 e. The van der Waals surface area contributed by atoms with E-state index in [2.05, 4.69) is 43.5 Å². The fraction of sp³-hybridized carbons (Fsp3) is 0.902. The highest BCUT2D eigenvalue weighted by Gasteiger charge is 2.20. The maximum atomic E-state index is 12.4. The van der Waals surface area contributed by atoms with Gasteiger partial charge in [0.1, 0.15) is 0 Å². The fourth-order valence-electron chi connectivity index (χ4n) is 9.34. The SMILES string of the molecule is CCCCCCC/C=C\CCCCCCCC(=O)OCCCCCCCCCCCCCC/C=C\CCCCCCCCCCCC(=O)NC(CO)C(O)CCCCCCCCCCCCC. The van der Waals surface area contributed by atoms with Crippen molar-refractivity contribution in [1.82, 2.24) is 5.32 Å². The number of amides is 1. The molecule has 0 aromatic rings. The first-order valence-corrected chi connectivity index (χ1v) is 30.1. The summed E-state index contributed by atoms with van der Waals surface area (Å²) in [6.45, 7) is 4.94. The van der Waals surface area contributed by atoms with Crippen LogP contribution >= 0.6 is 0 Å². The number of nitrogens with one attached hydrogen (secondary N) is 1. The Kier molecular flexibility index (Phi) is 55.5. The van der Waals surface area contributed by atoms with E-state index in [-0.39, 0.29) is 18.5 Å². The van der Waals surface area contributed by atoms with E-state index in [1.807, 2.05) is 0 Å². The van der Waals surface area contributed by atoms with Crippen molar-refractivity contribution in [3.05, 3.63) is 24.3 Å². The molecule has 1 amide bonds. The Hall–Kier alpha value is -1.66. The second-order valence-corrected chi connectivity index (χ2v) is 20.7. The van der Waals surface area contributed by atoms with Crippen LogP contribution in [-0.4, -0.2) is 47.4 Å². The molecule has 0 fully saturated rings. The molecule has 0 saturated heterocycles. The summed E-state index contributed by atoms with van der Waals surface area (Å²) >= 11 is 0. The first kappa shape index (κ1) is 65.3. The second-order valence-electron chi connectivity index (χ2n) is 20.7. The molecular formula is C61H117NO5. The number of rotatable bonds is 56. The number of carbonyl (C=O) groups is 2. The van der Waals surface area contributed by atoms with Crippen molar-refractivity contribution in [1.29, 1.82) is 0 Å². The Labute approximate surface area is 418 Å². The third-order valence-electron chi connectivity index (χ3n) is 14.0. The summed E-state index contributed by atoms with van der Waals surface area (Å²) in [5.41, 5.74) is 0. The fourth-order valence-corrected chi connectivity index (χ4v) is 9.34. The average molecular weight is 945 g/mol. The summed E-state index contributed by atoms with van der Waals surface area (Å²) in [6, 6.07) is -0.542. The Balaban J connectivity index is 3.38. The van der Waals surface area contributed by atoms with Crippen molar-refractivity contribution >= 4 is 11.9 Å². The van der Waals surface area contributed by atoms with Crippen molar-refractivity contribution < 1.29 is 24.5 Å². The van der Waals surface area contributed by atoms with E-state index < -0.39 is 12.1 Å². The van der Waals surface area contributed by atoms with Crippen LogP contribution in [0.25, 0.3) is 0 Å². The molecule has 3 N–H and O–H groups in total. The minimum atomic E-state index is -0.664. The monoisotopic (exact) mass is 944 g/mol. The van der Waals surface area contributed by atoms with E-state index in [0.29, 0.717) is 25.9 Å². The quantitative estimate of drug-likeness (QED) is 0.0321. The van der Waals surface area contributed by atoms with Gasteiger partial charge in [0.2, 0.25) is 5.91 Å². The first-order valence-electron chi connectivity index (χ1n) is 30.1. The predicted octanol–water partition coefficient (Wildman–Crippen LogP) is 18.6. The van der Waals surface area contributed by atoms with E-state index in [0.717, 1.165) is 44.9 Å². The average Bonchev–Trinajstić information content (AvgIpc) is 3.33. The van der Waals surface area contributed by atoms with Crippen LogP contribution in [0.5, 0.6) is 0 Å². The number of hydrogen-bond acceptors (Lipinski definition) is 5. The first-order chi connectivity index (χ1) is 33.0. The maximum Gasteiger partial charge on any atom is 0.305 e. The van der Waals surface area contributed by atoms with Gasteiger partial charge in [-0.25, -0.2) is 0 Å². The second kappa shape index (κ2) is 56.9. The predicted molar refractivity (Wildman–Crippen MR) is 292 cm³/mol. The van der Waals surface area contributed by atoms with Crippen LogP contribution in [0, 0.1) is 0 Å². The van der Waals surface area contributed by atoms with Crippen molar-refractivity contribution in [3.63, 3.8) is 0 Å². The van der Waals surface area contributed by atoms with Crippen LogP contribution in [0.3, 0.4) is 0 Å². The lowest BCUT2D eigenvalue weighted by Crippen LogP contribution is -2.45. The van der Waals surface area contributed by atoms with Crippen molar-refractivity contribution in [2.45, 2.75) is 341 Å². The van der Waals surface area contributed by atoms with Crippen LogP contribution < -0.4 is 5.32 Å². The lowest BCUT2D eigenvalue weighted by molar-refractivity contribution is -0.143. The number of aliphatic hydroxyl groups excluding tert-OH is 2. The number of ether oxygens (including phenoxy) is 1. The molecule has 0 aliphatic heterocycles. The minimum absolute atomic E-state index is 0.00499. The van der Waals surface area contributed by atoms with Crippen LogP contribution in [0.4, 0.5) is 0 Å². The molecule has 0 aromatic heterocycles. The number of allylic oxidation sites excluding steroid dienone is 4. The summed E-state index contributed by atoms with van der Waals surface area (Å²) < 4.78 is 5.48. The molecule has 2 atom stereocenters. The third-order valence-corrected chi connectivity index (χ3v) is 14.0. The van der Waals surface area contributed by atoms with Crippen LogP contribution in [0.2, 0.25) is 0 Å². The van der Waals surface area contributed by atoms with Gasteiger partial charge in [0.05, 0.1) is 25.4 Å². The lowest BCUT2D eigenvalue weighted by atomic mass is 10.0. The zero-order valence-corrected chi connectivity index (χ0v) is 45.1. The molecule has 0 saturated carbocycles. The molecular weight excluding hydrogens is 827 g/mol. The molecule has 6 nitrogen and oxygen atoms in total. The van der Waals surface area contributed by atoms with Crippen molar-refractivity contribution in [3.8, 4) is 0 Å². The molecule has 0 bridgehead atoms. The number of unbranched alkanes of at least 4 members (excludes halogenated alkanes) is 41. The highest BCUT2D eigenvalue weighted by atomic mass is 16.5. The van der Waals surface area contributed by atoms with E-state index in [4.69, 9.17) is 4.74 Å². The van der Waals surface area contributed by atoms with E-state index >= 15 is 0 Å². The Morgan fingerprint density at radius 1 is 0.403 bits per heavy atom. The van der Waals surface area contributed by atoms with Gasteiger partial charge in [-0.3, -0.25) is 9.59 Å². The van der Waals surface area contributed by atoms with Gasteiger partial charge in [-0.05, 0) is 77.0 Å². The Morgan fingerprint density at radius 3 is 1.06 bits per heavy atom. The topological polar surface area (TPSA) is 95.9 Å². The molecule has 6 heteroatoms. The summed E-state index contributed by atoms with van der Waals surface area (Å²) in [5, 5.41) is 23.2. The number of hydrogen-bond donors (Lipinski definition) is 3. The number of carbonyl (C=O) groups excluding carboxylic acids is 2. The van der Waals surface area contributed by atoms with Gasteiger partial charge in [-0.2, -0.15) is 0 Å². The molecule has 0 aliphatic rings. The molecule has 0 rings (SSSR count). The van der Waals surface area contributed by atoms with E-state index in [9.17, 15) is 19.8 Å². The highest BCUT2D eigenvalue weighted by molar-refractivity contribution is 5.76. The number of aliphatic hydroxyl groups is 2. The molecule has 67 heavy (non-hydrogen) atoms. The zero-order chi connectivity index (χ0) is 48.6. The summed E-state index contributed by atoms with van der Waals surface area (Å²) in [5.74, 6) is -0.0334. The van der Waals surface area contributed by atoms with Gasteiger partial charge in [-0.1, -0.05) is 263 Å². The molecule has 0 radical (unpaired) electrons. The van der Waals surface area contributed by atoms with Crippen molar-refractivity contribution in [2.75, 3.05) is 13.2 Å². The zero-order valence-electron chi connectivity index (χ0n) is 45.1. The van der Waals surface area contributed by atoms with Gasteiger partial charge in [0, 0.05) is 12.8 Å². The van der Waals surface area contributed by atoms with Crippen molar-refractivity contribution in [2.24, 2.45) is 0 Å². The molecule has 396 valence electrons. The number of esters is 1. The third kappa shape index (κ3) is 53.5. The standard InChI is InChI=1S/C61H117NO5/c1-3-5-7-9-11-13-15-16-31-35-39-43-47-51-55-61(66)67-56-52-48-44-40-36-32-29-27-25-23-21-19-17-18-20-22-24-26-28-30-34-38-42-46-50-54-60(65)62-58(57-63)59(64)53-49-45-41-37-33-14-12-10-8-6-4-2/h15-16,18,20,58-59,63-64H,3-14,17,19,21-57H2,1-2H3,(H,62,65)/b16-15-,20-18-. The molecule has 0 heterocycles. The Bertz CT molecular complexity index is 1040. The van der Waals surface area contributed by atoms with E-state index in [1.165, 1.54) is 250 Å². The molecule has 0 aromatic carbocycles. The van der Waals surface area contributed by atoms with Crippen LogP contribution in [0.1, 0.15) is 328 Å². The van der Waals surface area contributed by atoms with Gasteiger partial charge in [-0.15, -0.1) is 0 Å². The maximum absolute atomic E-state index is 12.4. The smallest absolute Gasteiger partial charge is 0.305 e. The Morgan fingerprint density at radius 2 is 0.701 bits per heavy atom. The normalized spacial score (nSPS) is 12.7. The highest BCUT2D eigenvalue weighted by Crippen LogP contribution is 2.17. The van der Waals surface area contributed by atoms with Crippen LogP contribution in [-0.2, 0) is 14.3 Å². The van der Waals surface area contributed by atoms with Gasteiger partial charge < -0.3 is 20.3 Å². The molecule has 0 aliphatic carbocycles. The summed E-state index contributed by atoms with van der Waals surface area (Å²) in [6.07, 6.45) is 69.0. The summed E-state index contributed by atoms with van der Waals surface area (Å²) in [7, 11) is 0. The molecule has 2 unspecified atom stereocenters. The minimum Gasteiger partial charge on any atom is -0.466 e.